The van der Waals surface area contributed by atoms with E-state index < -0.39 is 0 Å². The Hall–Kier alpha value is -1.48. The number of hydrogen-bond donors (Lipinski definition) is 0. The molecule has 0 heterocycles. The van der Waals surface area contributed by atoms with Crippen molar-refractivity contribution in [2.24, 2.45) is 0 Å². The van der Waals surface area contributed by atoms with Crippen LogP contribution in [0.25, 0.3) is 5.57 Å². The van der Waals surface area contributed by atoms with Crippen molar-refractivity contribution in [3.63, 3.8) is 0 Å². The van der Waals surface area contributed by atoms with Crippen LogP contribution in [0, 0.1) is 0 Å². The molecule has 0 radical (unpaired) electrons. The Morgan fingerprint density at radius 2 is 1.94 bits per heavy atom. The smallest absolute Gasteiger partial charge is 0.165 e. The number of carbonyl (C=O) groups excluding carboxylic acids is 1. The number of hydrogen-bond acceptors (Lipinski definition) is 3. The van der Waals surface area contributed by atoms with Crippen LogP contribution in [0.3, 0.4) is 0 Å². The van der Waals surface area contributed by atoms with E-state index in [2.05, 4.69) is 0 Å². The second kappa shape index (κ2) is 4.80. The van der Waals surface area contributed by atoms with E-state index in [9.17, 15) is 4.79 Å². The van der Waals surface area contributed by atoms with E-state index in [1.165, 1.54) is 0 Å². The highest BCUT2D eigenvalue weighted by molar-refractivity contribution is 6.41. The number of benzene rings is 1. The lowest BCUT2D eigenvalue weighted by atomic mass is 10.0. The van der Waals surface area contributed by atoms with Gasteiger partial charge < -0.3 is 9.47 Å². The standard InChI is InChI=1S/C13H13ClO3/c1-16-8-3-6-12(17-2)9(7-8)13-10(14)4-5-11(13)15/h3,6-7H,4-5H2,1-2H3. The largest absolute Gasteiger partial charge is 0.497 e. The highest BCUT2D eigenvalue weighted by Crippen LogP contribution is 2.39. The van der Waals surface area contributed by atoms with Gasteiger partial charge in [0.05, 0.1) is 14.2 Å². The van der Waals surface area contributed by atoms with Crippen LogP contribution in [-0.4, -0.2) is 20.0 Å². The maximum atomic E-state index is 11.8. The summed E-state index contributed by atoms with van der Waals surface area (Å²) in [6.45, 7) is 0. The zero-order valence-corrected chi connectivity index (χ0v) is 10.5. The van der Waals surface area contributed by atoms with Gasteiger partial charge >= 0.3 is 0 Å². The van der Waals surface area contributed by atoms with Crippen molar-refractivity contribution < 1.29 is 14.3 Å². The highest BCUT2D eigenvalue weighted by atomic mass is 35.5. The zero-order valence-electron chi connectivity index (χ0n) is 9.75. The molecule has 1 aliphatic rings. The van der Waals surface area contributed by atoms with Crippen LogP contribution in [0.2, 0.25) is 0 Å². The lowest BCUT2D eigenvalue weighted by molar-refractivity contribution is -0.113. The van der Waals surface area contributed by atoms with Crippen LogP contribution < -0.4 is 9.47 Å². The number of allylic oxidation sites excluding steroid dienone is 2. The molecule has 0 amide bonds. The van der Waals surface area contributed by atoms with Crippen molar-refractivity contribution in [2.75, 3.05) is 14.2 Å². The first-order valence-corrected chi connectivity index (χ1v) is 5.69. The molecule has 0 unspecified atom stereocenters. The van der Waals surface area contributed by atoms with E-state index in [1.807, 2.05) is 0 Å². The van der Waals surface area contributed by atoms with Crippen molar-refractivity contribution in [1.29, 1.82) is 0 Å². The predicted octanol–water partition coefficient (Wildman–Crippen LogP) is 3.02. The van der Waals surface area contributed by atoms with Gasteiger partial charge in [-0.05, 0) is 24.6 Å². The monoisotopic (exact) mass is 252 g/mol. The Balaban J connectivity index is 2.56. The van der Waals surface area contributed by atoms with Crippen molar-refractivity contribution in [3.8, 4) is 11.5 Å². The lowest BCUT2D eigenvalue weighted by Crippen LogP contribution is -1.99. The summed E-state index contributed by atoms with van der Waals surface area (Å²) < 4.78 is 10.4. The molecular formula is C13H13ClO3. The predicted molar refractivity (Wildman–Crippen MR) is 66.6 cm³/mol. The van der Waals surface area contributed by atoms with Gasteiger partial charge in [-0.15, -0.1) is 0 Å². The summed E-state index contributed by atoms with van der Waals surface area (Å²) in [5.41, 5.74) is 1.27. The third-order valence-electron chi connectivity index (χ3n) is 2.80. The second-order valence-electron chi connectivity index (χ2n) is 3.77. The molecular weight excluding hydrogens is 240 g/mol. The molecule has 0 bridgehead atoms. The lowest BCUT2D eigenvalue weighted by Gasteiger charge is -2.11. The number of halogens is 1. The van der Waals surface area contributed by atoms with Crippen LogP contribution >= 0.6 is 11.6 Å². The topological polar surface area (TPSA) is 35.5 Å². The summed E-state index contributed by atoms with van der Waals surface area (Å²) in [6.07, 6.45) is 1.07. The Morgan fingerprint density at radius 1 is 1.18 bits per heavy atom. The quantitative estimate of drug-likeness (QED) is 0.830. The molecule has 1 aromatic carbocycles. The summed E-state index contributed by atoms with van der Waals surface area (Å²) in [6, 6.07) is 5.34. The minimum absolute atomic E-state index is 0.0570. The molecule has 1 aromatic rings. The van der Waals surface area contributed by atoms with Crippen LogP contribution in [0.5, 0.6) is 11.5 Å². The summed E-state index contributed by atoms with van der Waals surface area (Å²) >= 11 is 6.09. The summed E-state index contributed by atoms with van der Waals surface area (Å²) in [7, 11) is 3.15. The van der Waals surface area contributed by atoms with Gasteiger partial charge in [0.1, 0.15) is 11.5 Å². The van der Waals surface area contributed by atoms with Crippen LogP contribution in [0.15, 0.2) is 23.2 Å². The summed E-state index contributed by atoms with van der Waals surface area (Å²) in [5.74, 6) is 1.37. The average molecular weight is 253 g/mol. The minimum atomic E-state index is 0.0570. The molecule has 2 rings (SSSR count). The minimum Gasteiger partial charge on any atom is -0.497 e. The van der Waals surface area contributed by atoms with Gasteiger partial charge in [-0.1, -0.05) is 11.6 Å². The molecule has 90 valence electrons. The van der Waals surface area contributed by atoms with Gasteiger partial charge in [0.15, 0.2) is 5.78 Å². The van der Waals surface area contributed by atoms with Crippen molar-refractivity contribution >= 4 is 23.0 Å². The zero-order chi connectivity index (χ0) is 12.4. The molecule has 4 heteroatoms. The maximum absolute atomic E-state index is 11.8. The Bertz CT molecular complexity index is 491. The maximum Gasteiger partial charge on any atom is 0.165 e. The van der Waals surface area contributed by atoms with E-state index in [4.69, 9.17) is 21.1 Å². The van der Waals surface area contributed by atoms with Crippen molar-refractivity contribution in [2.45, 2.75) is 12.8 Å². The van der Waals surface area contributed by atoms with Crippen LogP contribution in [-0.2, 0) is 4.79 Å². The molecule has 0 aromatic heterocycles. The number of ketones is 1. The Kier molecular flexibility index (Phi) is 3.38. The highest BCUT2D eigenvalue weighted by Gasteiger charge is 2.25. The molecule has 0 saturated heterocycles. The Labute approximate surface area is 105 Å². The first kappa shape index (κ1) is 12.0. The van der Waals surface area contributed by atoms with Gasteiger partial charge in [-0.3, -0.25) is 4.79 Å². The van der Waals surface area contributed by atoms with Gasteiger partial charge in [-0.25, -0.2) is 0 Å². The van der Waals surface area contributed by atoms with Gasteiger partial charge in [-0.2, -0.15) is 0 Å². The van der Waals surface area contributed by atoms with Crippen molar-refractivity contribution in [1.82, 2.24) is 0 Å². The fourth-order valence-electron chi connectivity index (χ4n) is 1.93. The van der Waals surface area contributed by atoms with Crippen LogP contribution in [0.1, 0.15) is 18.4 Å². The van der Waals surface area contributed by atoms with Gasteiger partial charge in [0.25, 0.3) is 0 Å². The summed E-state index contributed by atoms with van der Waals surface area (Å²) in [4.78, 5) is 11.8. The van der Waals surface area contributed by atoms with E-state index >= 15 is 0 Å². The summed E-state index contributed by atoms with van der Waals surface area (Å²) in [5, 5.41) is 0.599. The molecule has 1 aliphatic carbocycles. The van der Waals surface area contributed by atoms with Gasteiger partial charge in [0, 0.05) is 22.6 Å². The Morgan fingerprint density at radius 3 is 2.47 bits per heavy atom. The third-order valence-corrected chi connectivity index (χ3v) is 3.18. The molecule has 0 atom stereocenters. The van der Waals surface area contributed by atoms with Gasteiger partial charge in [0.2, 0.25) is 0 Å². The number of carbonyl (C=O) groups is 1. The SMILES string of the molecule is COc1ccc(OC)c(C2=C(Cl)CCC2=O)c1. The number of methoxy groups -OCH3 is 2. The normalized spacial score (nSPS) is 15.4. The molecule has 0 fully saturated rings. The molecule has 17 heavy (non-hydrogen) atoms. The first-order chi connectivity index (χ1) is 8.17. The van der Waals surface area contributed by atoms with E-state index in [0.717, 1.165) is 0 Å². The fraction of sp³-hybridized carbons (Fsp3) is 0.308. The second-order valence-corrected chi connectivity index (χ2v) is 4.23. The number of Topliss-reactive ketones (excluding diaryl/α,β-unsaturated/α-hetero) is 1. The van der Waals surface area contributed by atoms with Crippen molar-refractivity contribution in [3.05, 3.63) is 28.8 Å². The first-order valence-electron chi connectivity index (χ1n) is 5.31. The van der Waals surface area contributed by atoms with E-state index in [1.54, 1.807) is 32.4 Å². The molecule has 3 nitrogen and oxygen atoms in total. The average Bonchev–Trinajstić information content (AvgIpc) is 2.68. The number of rotatable bonds is 3. The number of ether oxygens (including phenoxy) is 2. The third kappa shape index (κ3) is 2.15. The molecule has 0 saturated carbocycles. The molecule has 0 aliphatic heterocycles. The fourth-order valence-corrected chi connectivity index (χ4v) is 2.23. The molecule has 0 spiro atoms. The van der Waals surface area contributed by atoms with E-state index in [-0.39, 0.29) is 5.78 Å². The van der Waals surface area contributed by atoms with Crippen LogP contribution in [0.4, 0.5) is 0 Å². The molecule has 0 N–H and O–H groups in total. The van der Waals surface area contributed by atoms with E-state index in [0.29, 0.717) is 40.5 Å².